The molecular weight excluding hydrogens is 178 g/mol. The summed E-state index contributed by atoms with van der Waals surface area (Å²) in [5.41, 5.74) is 1.26. The minimum Gasteiger partial charge on any atom is -0.511 e. The summed E-state index contributed by atoms with van der Waals surface area (Å²) in [6, 6.07) is 0. The smallest absolute Gasteiger partial charge is 0.168 e. The summed E-state index contributed by atoms with van der Waals surface area (Å²) in [7, 11) is 1.67. The summed E-state index contributed by atoms with van der Waals surface area (Å²) < 4.78 is 0. The predicted octanol–water partition coefficient (Wildman–Crippen LogP) is 2.42. The lowest BCUT2D eigenvalue weighted by atomic mass is 9.89. The average molecular weight is 195 g/mol. The van der Waals surface area contributed by atoms with E-state index < -0.39 is 0 Å². The lowest BCUT2D eigenvalue weighted by Gasteiger charge is -2.16. The minimum absolute atomic E-state index is 0.0443. The van der Waals surface area contributed by atoms with E-state index in [2.05, 4.69) is 4.99 Å². The second-order valence-corrected chi connectivity index (χ2v) is 3.52. The summed E-state index contributed by atoms with van der Waals surface area (Å²) in [5.74, 6) is 0.264. The highest BCUT2D eigenvalue weighted by Gasteiger charge is 2.24. The van der Waals surface area contributed by atoms with Gasteiger partial charge in [-0.1, -0.05) is 6.92 Å². The molecule has 3 heteroatoms. The zero-order valence-electron chi connectivity index (χ0n) is 8.84. The zero-order valence-corrected chi connectivity index (χ0v) is 8.84. The van der Waals surface area contributed by atoms with E-state index in [4.69, 9.17) is 0 Å². The van der Waals surface area contributed by atoms with Crippen molar-refractivity contribution in [1.82, 2.24) is 0 Å². The second kappa shape index (κ2) is 4.94. The molecule has 0 bridgehead atoms. The van der Waals surface area contributed by atoms with Crippen molar-refractivity contribution < 1.29 is 9.90 Å². The number of hydrogen-bond donors (Lipinski definition) is 1. The molecule has 1 N–H and O–H groups in total. The number of aliphatic imine (C=N–C) groups is 1. The topological polar surface area (TPSA) is 49.7 Å². The summed E-state index contributed by atoms with van der Waals surface area (Å²) in [4.78, 5) is 15.6. The van der Waals surface area contributed by atoms with E-state index in [0.717, 1.165) is 25.0 Å². The first-order valence-electron chi connectivity index (χ1n) is 5.12. The van der Waals surface area contributed by atoms with E-state index in [1.165, 1.54) is 0 Å². The molecule has 0 spiro atoms. The van der Waals surface area contributed by atoms with Gasteiger partial charge in [0.25, 0.3) is 0 Å². The first kappa shape index (κ1) is 11.0. The van der Waals surface area contributed by atoms with E-state index in [0.29, 0.717) is 18.4 Å². The number of nitrogens with zero attached hydrogens (tertiary/aromatic N) is 1. The third kappa shape index (κ3) is 2.22. The Balaban J connectivity index is 3.00. The molecule has 3 nitrogen and oxygen atoms in total. The van der Waals surface area contributed by atoms with Crippen LogP contribution in [0.15, 0.2) is 16.3 Å². The zero-order chi connectivity index (χ0) is 10.6. The Hall–Kier alpha value is -1.12. The standard InChI is InChI=1S/C11H17NO2/c1-3-5-9(13)11-8(12-2)6-4-7-10(11)14/h13H,3-7H2,1-2H3. The lowest BCUT2D eigenvalue weighted by molar-refractivity contribution is -0.115. The van der Waals surface area contributed by atoms with E-state index in [-0.39, 0.29) is 11.5 Å². The number of hydrogen-bond acceptors (Lipinski definition) is 3. The highest BCUT2D eigenvalue weighted by molar-refractivity contribution is 6.24. The number of aliphatic hydroxyl groups is 1. The van der Waals surface area contributed by atoms with Crippen LogP contribution >= 0.6 is 0 Å². The fourth-order valence-electron chi connectivity index (χ4n) is 1.74. The highest BCUT2D eigenvalue weighted by Crippen LogP contribution is 2.22. The second-order valence-electron chi connectivity index (χ2n) is 3.52. The van der Waals surface area contributed by atoms with E-state index in [9.17, 15) is 9.90 Å². The number of ketones is 1. The Morgan fingerprint density at radius 2 is 2.21 bits per heavy atom. The molecule has 0 unspecified atom stereocenters. The molecular formula is C11H17NO2. The molecule has 1 aliphatic rings. The van der Waals surface area contributed by atoms with Crippen LogP contribution in [0, 0.1) is 0 Å². The van der Waals surface area contributed by atoms with Gasteiger partial charge in [-0.15, -0.1) is 0 Å². The summed E-state index contributed by atoms with van der Waals surface area (Å²) >= 11 is 0. The lowest BCUT2D eigenvalue weighted by Crippen LogP contribution is -2.21. The van der Waals surface area contributed by atoms with Crippen molar-refractivity contribution in [1.29, 1.82) is 0 Å². The Morgan fingerprint density at radius 3 is 2.79 bits per heavy atom. The minimum atomic E-state index is 0.0443. The van der Waals surface area contributed by atoms with Gasteiger partial charge in [0.1, 0.15) is 5.76 Å². The number of rotatable bonds is 2. The van der Waals surface area contributed by atoms with Gasteiger partial charge >= 0.3 is 0 Å². The van der Waals surface area contributed by atoms with Gasteiger partial charge in [-0.25, -0.2) is 0 Å². The van der Waals surface area contributed by atoms with Gasteiger partial charge in [0.15, 0.2) is 5.78 Å². The van der Waals surface area contributed by atoms with Crippen LogP contribution in [0.5, 0.6) is 0 Å². The number of carbonyl (C=O) groups excluding carboxylic acids is 1. The maximum atomic E-state index is 11.6. The first-order chi connectivity index (χ1) is 6.70. The van der Waals surface area contributed by atoms with E-state index in [1.54, 1.807) is 7.05 Å². The van der Waals surface area contributed by atoms with Gasteiger partial charge in [-0.05, 0) is 19.3 Å². The third-order valence-corrected chi connectivity index (χ3v) is 2.43. The third-order valence-electron chi connectivity index (χ3n) is 2.43. The maximum Gasteiger partial charge on any atom is 0.168 e. The van der Waals surface area contributed by atoms with Crippen molar-refractivity contribution in [2.75, 3.05) is 7.05 Å². The Bertz CT molecular complexity index is 290. The molecule has 0 aromatic carbocycles. The molecule has 0 saturated heterocycles. The van der Waals surface area contributed by atoms with E-state index in [1.807, 2.05) is 6.92 Å². The van der Waals surface area contributed by atoms with Crippen molar-refractivity contribution in [3.63, 3.8) is 0 Å². The van der Waals surface area contributed by atoms with Crippen LogP contribution in [-0.2, 0) is 4.79 Å². The number of allylic oxidation sites excluding steroid dienone is 2. The van der Waals surface area contributed by atoms with Gasteiger partial charge in [-0.3, -0.25) is 9.79 Å². The Labute approximate surface area is 84.5 Å². The van der Waals surface area contributed by atoms with Crippen molar-refractivity contribution in [3.05, 3.63) is 11.3 Å². The van der Waals surface area contributed by atoms with Crippen LogP contribution in [0.4, 0.5) is 0 Å². The predicted molar refractivity (Wildman–Crippen MR) is 56.8 cm³/mol. The quantitative estimate of drug-likeness (QED) is 0.543. The van der Waals surface area contributed by atoms with Gasteiger partial charge < -0.3 is 5.11 Å². The van der Waals surface area contributed by atoms with Crippen LogP contribution in [-0.4, -0.2) is 23.6 Å². The molecule has 1 saturated carbocycles. The molecule has 0 aromatic heterocycles. The molecule has 1 rings (SSSR count). The summed E-state index contributed by atoms with van der Waals surface area (Å²) in [6.07, 6.45) is 3.63. The Kier molecular flexibility index (Phi) is 3.86. The van der Waals surface area contributed by atoms with Crippen LogP contribution in [0.1, 0.15) is 39.0 Å². The van der Waals surface area contributed by atoms with E-state index >= 15 is 0 Å². The molecule has 1 fully saturated rings. The number of Topliss-reactive ketones (excluding diaryl/α,β-unsaturated/α-hetero) is 1. The van der Waals surface area contributed by atoms with Crippen molar-refractivity contribution in [3.8, 4) is 0 Å². The molecule has 0 atom stereocenters. The highest BCUT2D eigenvalue weighted by atomic mass is 16.3. The van der Waals surface area contributed by atoms with Gasteiger partial charge in [-0.2, -0.15) is 0 Å². The molecule has 0 amide bonds. The van der Waals surface area contributed by atoms with Gasteiger partial charge in [0, 0.05) is 25.6 Å². The molecule has 0 radical (unpaired) electrons. The van der Waals surface area contributed by atoms with Crippen LogP contribution in [0.25, 0.3) is 0 Å². The number of aliphatic hydroxyl groups excluding tert-OH is 1. The van der Waals surface area contributed by atoms with Crippen LogP contribution < -0.4 is 0 Å². The molecule has 0 aliphatic heterocycles. The van der Waals surface area contributed by atoms with Crippen LogP contribution in [0.2, 0.25) is 0 Å². The summed E-state index contributed by atoms with van der Waals surface area (Å²) in [5, 5.41) is 9.72. The Morgan fingerprint density at radius 1 is 1.50 bits per heavy atom. The fraction of sp³-hybridized carbons (Fsp3) is 0.636. The molecule has 0 aromatic rings. The van der Waals surface area contributed by atoms with Gasteiger partial charge in [0.05, 0.1) is 5.57 Å². The van der Waals surface area contributed by atoms with Gasteiger partial charge in [0.2, 0.25) is 0 Å². The van der Waals surface area contributed by atoms with Crippen LogP contribution in [0.3, 0.4) is 0 Å². The largest absolute Gasteiger partial charge is 0.511 e. The first-order valence-corrected chi connectivity index (χ1v) is 5.12. The SMILES string of the molecule is CCCC(O)=C1C(=O)CCCC1=NC. The van der Waals surface area contributed by atoms with Crippen molar-refractivity contribution >= 4 is 11.5 Å². The average Bonchev–Trinajstić information content (AvgIpc) is 2.17. The normalized spacial score (nSPS) is 24.1. The molecule has 14 heavy (non-hydrogen) atoms. The maximum absolute atomic E-state index is 11.6. The molecule has 1 aliphatic carbocycles. The number of carbonyl (C=O) groups is 1. The summed E-state index contributed by atoms with van der Waals surface area (Å²) in [6.45, 7) is 1.98. The molecule has 0 heterocycles. The van der Waals surface area contributed by atoms with Crippen molar-refractivity contribution in [2.45, 2.75) is 39.0 Å². The molecule has 78 valence electrons. The monoisotopic (exact) mass is 195 g/mol. The van der Waals surface area contributed by atoms with Crippen molar-refractivity contribution in [2.24, 2.45) is 4.99 Å². The fourth-order valence-corrected chi connectivity index (χ4v) is 1.74.